The minimum absolute atomic E-state index is 0.00574. The van der Waals surface area contributed by atoms with Gasteiger partial charge in [0.05, 0.1) is 19.0 Å². The fourth-order valence-corrected chi connectivity index (χ4v) is 1.36. The monoisotopic (exact) mass is 229 g/mol. The van der Waals surface area contributed by atoms with Gasteiger partial charge in [-0.2, -0.15) is 0 Å². The maximum absolute atomic E-state index is 9.70. The quantitative estimate of drug-likeness (QED) is 0.682. The second kappa shape index (κ2) is 7.40. The molecule has 0 aliphatic rings. The molecule has 0 saturated carbocycles. The first-order chi connectivity index (χ1) is 7.77. The Hall–Kier alpha value is -0.880. The maximum atomic E-state index is 9.70. The molecular weight excluding hydrogens is 210 g/mol. The minimum Gasteiger partial charge on any atom is -0.467 e. The van der Waals surface area contributed by atoms with E-state index in [2.05, 4.69) is 5.32 Å². The van der Waals surface area contributed by atoms with Crippen molar-refractivity contribution < 1.29 is 19.0 Å². The van der Waals surface area contributed by atoms with Crippen LogP contribution in [-0.4, -0.2) is 45.1 Å². The van der Waals surface area contributed by atoms with Crippen molar-refractivity contribution in [3.8, 4) is 0 Å². The lowest BCUT2D eigenvalue weighted by molar-refractivity contribution is 0.0265. The average molecular weight is 229 g/mol. The Balaban J connectivity index is 2.19. The molecule has 2 N–H and O–H groups in total. The molecule has 0 aromatic carbocycles. The van der Waals surface area contributed by atoms with Crippen molar-refractivity contribution in [2.75, 3.05) is 33.9 Å². The summed E-state index contributed by atoms with van der Waals surface area (Å²) in [7, 11) is 3.26. The molecule has 92 valence electrons. The molecule has 0 fully saturated rings. The van der Waals surface area contributed by atoms with Crippen LogP contribution in [0, 0.1) is 0 Å². The lowest BCUT2D eigenvalue weighted by atomic mass is 10.2. The topological polar surface area (TPSA) is 63.9 Å². The largest absolute Gasteiger partial charge is 0.467 e. The predicted molar refractivity (Wildman–Crippen MR) is 59.2 cm³/mol. The fourth-order valence-electron chi connectivity index (χ4n) is 1.36. The molecule has 1 aromatic heterocycles. The van der Waals surface area contributed by atoms with E-state index in [0.29, 0.717) is 25.5 Å². The first-order valence-corrected chi connectivity index (χ1v) is 5.21. The Morgan fingerprint density at radius 3 is 2.81 bits per heavy atom. The number of furan rings is 1. The fraction of sp³-hybridized carbons (Fsp3) is 0.636. The molecule has 0 spiro atoms. The van der Waals surface area contributed by atoms with Gasteiger partial charge in [0.1, 0.15) is 11.9 Å². The molecule has 0 saturated heterocycles. The van der Waals surface area contributed by atoms with Gasteiger partial charge in [-0.25, -0.2) is 0 Å². The van der Waals surface area contributed by atoms with Crippen LogP contribution in [0.5, 0.6) is 0 Å². The Kier molecular flexibility index (Phi) is 6.10. The van der Waals surface area contributed by atoms with Crippen molar-refractivity contribution in [2.45, 2.75) is 12.2 Å². The van der Waals surface area contributed by atoms with E-state index >= 15 is 0 Å². The highest BCUT2D eigenvalue weighted by Gasteiger charge is 2.11. The van der Waals surface area contributed by atoms with Crippen molar-refractivity contribution in [2.24, 2.45) is 0 Å². The van der Waals surface area contributed by atoms with Crippen LogP contribution in [0.3, 0.4) is 0 Å². The average Bonchev–Trinajstić information content (AvgIpc) is 2.81. The number of rotatable bonds is 8. The van der Waals surface area contributed by atoms with Gasteiger partial charge in [0.15, 0.2) is 0 Å². The summed E-state index contributed by atoms with van der Waals surface area (Å²) in [5.41, 5.74) is 0. The zero-order valence-corrected chi connectivity index (χ0v) is 9.68. The smallest absolute Gasteiger partial charge is 0.133 e. The molecule has 5 heteroatoms. The molecule has 1 aromatic rings. The summed E-state index contributed by atoms with van der Waals surface area (Å²) in [5.74, 6) is 0.563. The van der Waals surface area contributed by atoms with Gasteiger partial charge >= 0.3 is 0 Å². The predicted octanol–water partition coefficient (Wildman–Crippen LogP) is 0.564. The third kappa shape index (κ3) is 4.32. The van der Waals surface area contributed by atoms with Gasteiger partial charge in [0.2, 0.25) is 0 Å². The van der Waals surface area contributed by atoms with E-state index < -0.39 is 6.10 Å². The van der Waals surface area contributed by atoms with Gasteiger partial charge in [0, 0.05) is 27.3 Å². The van der Waals surface area contributed by atoms with Crippen molar-refractivity contribution >= 4 is 0 Å². The molecule has 0 bridgehead atoms. The first-order valence-electron chi connectivity index (χ1n) is 5.21. The lowest BCUT2D eigenvalue weighted by Crippen LogP contribution is -2.34. The van der Waals surface area contributed by atoms with Gasteiger partial charge in [0.25, 0.3) is 0 Å². The Bertz CT molecular complexity index is 263. The van der Waals surface area contributed by atoms with Gasteiger partial charge in [-0.3, -0.25) is 0 Å². The summed E-state index contributed by atoms with van der Waals surface area (Å²) >= 11 is 0. The van der Waals surface area contributed by atoms with E-state index in [9.17, 15) is 5.11 Å². The number of aliphatic hydroxyl groups excluding tert-OH is 1. The van der Waals surface area contributed by atoms with Gasteiger partial charge in [-0.1, -0.05) is 0 Å². The Morgan fingerprint density at radius 1 is 1.44 bits per heavy atom. The van der Waals surface area contributed by atoms with E-state index in [1.54, 1.807) is 32.6 Å². The number of hydrogen-bond acceptors (Lipinski definition) is 5. The van der Waals surface area contributed by atoms with E-state index in [1.165, 1.54) is 0 Å². The first kappa shape index (κ1) is 13.2. The molecule has 2 atom stereocenters. The second-order valence-electron chi connectivity index (χ2n) is 3.50. The summed E-state index contributed by atoms with van der Waals surface area (Å²) in [4.78, 5) is 0. The van der Waals surface area contributed by atoms with Crippen molar-refractivity contribution in [3.63, 3.8) is 0 Å². The third-order valence-corrected chi connectivity index (χ3v) is 2.27. The van der Waals surface area contributed by atoms with E-state index in [4.69, 9.17) is 13.9 Å². The van der Waals surface area contributed by atoms with Gasteiger partial charge < -0.3 is 24.3 Å². The summed E-state index contributed by atoms with van der Waals surface area (Å²) in [6.07, 6.45) is 0.908. The van der Waals surface area contributed by atoms with Crippen LogP contribution >= 0.6 is 0 Å². The van der Waals surface area contributed by atoms with Crippen LogP contribution < -0.4 is 5.32 Å². The third-order valence-electron chi connectivity index (χ3n) is 2.27. The highest BCUT2D eigenvalue weighted by molar-refractivity contribution is 5.02. The maximum Gasteiger partial charge on any atom is 0.133 e. The van der Waals surface area contributed by atoms with Crippen LogP contribution in [0.15, 0.2) is 22.8 Å². The van der Waals surface area contributed by atoms with Crippen molar-refractivity contribution in [1.29, 1.82) is 0 Å². The van der Waals surface area contributed by atoms with Crippen molar-refractivity contribution in [3.05, 3.63) is 24.2 Å². The number of aliphatic hydroxyl groups is 1. The van der Waals surface area contributed by atoms with Crippen LogP contribution in [0.2, 0.25) is 0 Å². The summed E-state index contributed by atoms with van der Waals surface area (Å²) in [5, 5.41) is 12.8. The Labute approximate surface area is 95.4 Å². The van der Waals surface area contributed by atoms with Gasteiger partial charge in [-0.15, -0.1) is 0 Å². The number of methoxy groups -OCH3 is 2. The number of nitrogens with one attached hydrogen (secondary N) is 1. The van der Waals surface area contributed by atoms with Crippen LogP contribution in [-0.2, 0) is 9.47 Å². The van der Waals surface area contributed by atoms with Crippen LogP contribution in [0.4, 0.5) is 0 Å². The zero-order valence-electron chi connectivity index (χ0n) is 9.68. The summed E-state index contributed by atoms with van der Waals surface area (Å²) < 4.78 is 15.2. The molecular formula is C11H19NO4. The molecule has 0 aliphatic heterocycles. The summed E-state index contributed by atoms with van der Waals surface area (Å²) in [6.45, 7) is 1.58. The molecule has 0 aliphatic carbocycles. The van der Waals surface area contributed by atoms with E-state index in [0.717, 1.165) is 0 Å². The standard InChI is InChI=1S/C11H19NO4/c1-14-8-9(15-2)6-12-7-10(13)11-4-3-5-16-11/h3-5,9-10,12-13H,6-8H2,1-2H3. The SMILES string of the molecule is COCC(CNCC(O)c1ccco1)OC. The Morgan fingerprint density at radius 2 is 2.25 bits per heavy atom. The molecule has 5 nitrogen and oxygen atoms in total. The van der Waals surface area contributed by atoms with Crippen LogP contribution in [0.1, 0.15) is 11.9 Å². The molecule has 1 rings (SSSR count). The van der Waals surface area contributed by atoms with Crippen molar-refractivity contribution in [1.82, 2.24) is 5.32 Å². The molecule has 0 amide bonds. The highest BCUT2D eigenvalue weighted by Crippen LogP contribution is 2.11. The zero-order chi connectivity index (χ0) is 11.8. The number of hydrogen-bond donors (Lipinski definition) is 2. The summed E-state index contributed by atoms with van der Waals surface area (Å²) in [6, 6.07) is 3.50. The second-order valence-corrected chi connectivity index (χ2v) is 3.50. The van der Waals surface area contributed by atoms with Gasteiger partial charge in [-0.05, 0) is 12.1 Å². The molecule has 2 unspecified atom stereocenters. The van der Waals surface area contributed by atoms with E-state index in [1.807, 2.05) is 0 Å². The minimum atomic E-state index is -0.630. The number of ether oxygens (including phenoxy) is 2. The highest BCUT2D eigenvalue weighted by atomic mass is 16.5. The van der Waals surface area contributed by atoms with Crippen LogP contribution in [0.25, 0.3) is 0 Å². The molecule has 1 heterocycles. The lowest BCUT2D eigenvalue weighted by Gasteiger charge is -2.16. The normalized spacial score (nSPS) is 14.9. The molecule has 0 radical (unpaired) electrons. The molecule has 16 heavy (non-hydrogen) atoms. The van der Waals surface area contributed by atoms with E-state index in [-0.39, 0.29) is 6.10 Å².